The number of nitrogens with two attached hydrogens (primary N) is 1. The molecule has 0 atom stereocenters. The highest BCUT2D eigenvalue weighted by atomic mass is 19.4. The summed E-state index contributed by atoms with van der Waals surface area (Å²) in [5, 5.41) is 4.83. The van der Waals surface area contributed by atoms with E-state index in [1.165, 1.54) is 58.5 Å². The lowest BCUT2D eigenvalue weighted by atomic mass is 10.2. The molecule has 0 spiro atoms. The molecule has 0 fully saturated rings. The van der Waals surface area contributed by atoms with Crippen LogP contribution in [0.5, 0.6) is 0 Å². The highest BCUT2D eigenvalue weighted by Crippen LogP contribution is 2.33. The predicted octanol–water partition coefficient (Wildman–Crippen LogP) is 6.21. The normalized spacial score (nSPS) is 12.0. The maximum absolute atomic E-state index is 14.0. The standard InChI is InChI=1S/C27H30F3N5O5/c1-25(2,3)39-23(37)34(20-9-7-8-17(16-20)27(28,29)30)35(24(38)40-26(4,5)6)22(36)21-14-15-32-33(21)19-12-10-18(31)11-13-19/h7-16H,31H2,1-6H3. The number of carbonyl (C=O) groups excluding carboxylic acids is 3. The number of carbonyl (C=O) groups is 3. The molecule has 10 nitrogen and oxygen atoms in total. The molecule has 3 rings (SSSR count). The fourth-order valence-electron chi connectivity index (χ4n) is 3.38. The molecule has 1 heterocycles. The van der Waals surface area contributed by atoms with Crippen molar-refractivity contribution in [2.45, 2.75) is 58.9 Å². The molecule has 2 N–H and O–H groups in total. The number of amides is 3. The third-order valence-electron chi connectivity index (χ3n) is 4.94. The lowest BCUT2D eigenvalue weighted by molar-refractivity contribution is -0.137. The molecule has 0 aliphatic heterocycles. The average molecular weight is 562 g/mol. The van der Waals surface area contributed by atoms with Gasteiger partial charge in [0, 0.05) is 5.69 Å². The van der Waals surface area contributed by atoms with Crippen molar-refractivity contribution in [1.82, 2.24) is 14.8 Å². The van der Waals surface area contributed by atoms with Gasteiger partial charge in [0.15, 0.2) is 0 Å². The third kappa shape index (κ3) is 7.30. The zero-order valence-electron chi connectivity index (χ0n) is 22.8. The molecule has 1 aromatic heterocycles. The number of alkyl halides is 3. The van der Waals surface area contributed by atoms with Crippen LogP contribution < -0.4 is 10.7 Å². The number of aromatic nitrogens is 2. The summed E-state index contributed by atoms with van der Waals surface area (Å²) in [6.07, 6.45) is -6.15. The molecule has 0 unspecified atom stereocenters. The summed E-state index contributed by atoms with van der Waals surface area (Å²) in [5.74, 6) is -1.13. The van der Waals surface area contributed by atoms with Gasteiger partial charge in [-0.3, -0.25) is 4.79 Å². The molecule has 0 aliphatic carbocycles. The van der Waals surface area contributed by atoms with Crippen molar-refractivity contribution in [2.75, 3.05) is 10.7 Å². The lowest BCUT2D eigenvalue weighted by Gasteiger charge is -2.35. The molecular formula is C27H30F3N5O5. The van der Waals surface area contributed by atoms with Gasteiger partial charge < -0.3 is 15.2 Å². The Bertz CT molecular complexity index is 1390. The van der Waals surface area contributed by atoms with Gasteiger partial charge in [-0.15, -0.1) is 5.01 Å². The highest BCUT2D eigenvalue weighted by Gasteiger charge is 2.41. The minimum absolute atomic E-state index is 0.212. The Morgan fingerprint density at radius 1 is 0.850 bits per heavy atom. The lowest BCUT2D eigenvalue weighted by Crippen LogP contribution is -2.56. The number of rotatable bonds is 3. The van der Waals surface area contributed by atoms with E-state index in [1.807, 2.05) is 0 Å². The van der Waals surface area contributed by atoms with Gasteiger partial charge in [0.05, 0.1) is 23.1 Å². The van der Waals surface area contributed by atoms with E-state index >= 15 is 0 Å². The van der Waals surface area contributed by atoms with Gasteiger partial charge in [-0.2, -0.15) is 23.3 Å². The van der Waals surface area contributed by atoms with Crippen molar-refractivity contribution in [2.24, 2.45) is 0 Å². The molecule has 214 valence electrons. The molecule has 0 saturated heterocycles. The predicted molar refractivity (Wildman–Crippen MR) is 141 cm³/mol. The molecule has 2 aromatic carbocycles. The summed E-state index contributed by atoms with van der Waals surface area (Å²) >= 11 is 0. The smallest absolute Gasteiger partial charge is 0.437 e. The SMILES string of the molecule is CC(C)(C)OC(=O)N(C(=O)c1ccnn1-c1ccc(N)cc1)N(C(=O)OC(C)(C)C)c1cccc(C(F)(F)F)c1. The van der Waals surface area contributed by atoms with Crippen LogP contribution in [0.3, 0.4) is 0 Å². The van der Waals surface area contributed by atoms with E-state index in [0.29, 0.717) is 27.5 Å². The first kappa shape index (κ1) is 30.0. The third-order valence-corrected chi connectivity index (χ3v) is 4.94. The first-order chi connectivity index (χ1) is 18.4. The average Bonchev–Trinajstić information content (AvgIpc) is 3.29. The van der Waals surface area contributed by atoms with E-state index in [1.54, 1.807) is 24.3 Å². The molecule has 3 aromatic rings. The highest BCUT2D eigenvalue weighted by molar-refractivity contribution is 6.07. The number of nitrogen functional groups attached to an aromatic ring is 1. The zero-order chi connectivity index (χ0) is 30.0. The summed E-state index contributed by atoms with van der Waals surface area (Å²) < 4.78 is 52.8. The summed E-state index contributed by atoms with van der Waals surface area (Å²) in [6, 6.07) is 11.1. The fourth-order valence-corrected chi connectivity index (χ4v) is 3.38. The molecule has 0 radical (unpaired) electrons. The van der Waals surface area contributed by atoms with E-state index in [-0.39, 0.29) is 5.69 Å². The Hall–Kier alpha value is -4.55. The summed E-state index contributed by atoms with van der Waals surface area (Å²) in [7, 11) is 0. The number of hydrogen-bond acceptors (Lipinski definition) is 7. The van der Waals surface area contributed by atoms with Gasteiger partial charge in [0.2, 0.25) is 0 Å². The Morgan fingerprint density at radius 3 is 1.98 bits per heavy atom. The van der Waals surface area contributed by atoms with Crippen LogP contribution in [0, 0.1) is 0 Å². The second-order valence-electron chi connectivity index (χ2n) is 10.7. The number of ether oxygens (including phenoxy) is 2. The Kier molecular flexibility index (Phi) is 8.18. The molecule has 0 saturated carbocycles. The Balaban J connectivity index is 2.24. The molecular weight excluding hydrogens is 531 g/mol. The van der Waals surface area contributed by atoms with Crippen molar-refractivity contribution in [3.05, 3.63) is 72.1 Å². The number of benzene rings is 2. The molecule has 13 heteroatoms. The first-order valence-electron chi connectivity index (χ1n) is 12.0. The minimum atomic E-state index is -4.79. The largest absolute Gasteiger partial charge is 0.442 e. The number of anilines is 2. The monoisotopic (exact) mass is 561 g/mol. The number of hydrogen-bond donors (Lipinski definition) is 1. The van der Waals surface area contributed by atoms with E-state index < -0.39 is 46.7 Å². The number of hydrazine groups is 1. The second-order valence-corrected chi connectivity index (χ2v) is 10.7. The van der Waals surface area contributed by atoms with Crippen LogP contribution in [0.1, 0.15) is 57.6 Å². The van der Waals surface area contributed by atoms with Crippen LogP contribution in [0.4, 0.5) is 34.1 Å². The topological polar surface area (TPSA) is 120 Å². The van der Waals surface area contributed by atoms with Gasteiger partial charge >= 0.3 is 24.3 Å². The maximum atomic E-state index is 14.0. The Labute approximate surface area is 229 Å². The minimum Gasteiger partial charge on any atom is -0.442 e. The van der Waals surface area contributed by atoms with Gasteiger partial charge in [0.25, 0.3) is 0 Å². The van der Waals surface area contributed by atoms with Crippen molar-refractivity contribution in [3.63, 3.8) is 0 Å². The van der Waals surface area contributed by atoms with E-state index in [0.717, 1.165) is 18.2 Å². The number of imide groups is 1. The van der Waals surface area contributed by atoms with Gasteiger partial charge in [-0.1, -0.05) is 6.07 Å². The van der Waals surface area contributed by atoms with Crippen LogP contribution in [-0.4, -0.2) is 44.1 Å². The van der Waals surface area contributed by atoms with Crippen LogP contribution in [0.25, 0.3) is 5.69 Å². The van der Waals surface area contributed by atoms with Crippen molar-refractivity contribution < 1.29 is 37.0 Å². The van der Waals surface area contributed by atoms with Gasteiger partial charge in [-0.05, 0) is 90.1 Å². The zero-order valence-corrected chi connectivity index (χ0v) is 22.8. The summed E-state index contributed by atoms with van der Waals surface area (Å²) in [5.41, 5.74) is 2.47. The summed E-state index contributed by atoms with van der Waals surface area (Å²) in [6.45, 7) is 9.12. The fraction of sp³-hybridized carbons (Fsp3) is 0.333. The van der Waals surface area contributed by atoms with Gasteiger partial charge in [0.1, 0.15) is 16.9 Å². The van der Waals surface area contributed by atoms with Crippen LogP contribution in [-0.2, 0) is 15.7 Å². The quantitative estimate of drug-likeness (QED) is 0.298. The second kappa shape index (κ2) is 10.9. The van der Waals surface area contributed by atoms with Crippen molar-refractivity contribution in [1.29, 1.82) is 0 Å². The molecule has 40 heavy (non-hydrogen) atoms. The van der Waals surface area contributed by atoms with E-state index in [4.69, 9.17) is 15.2 Å². The molecule has 0 bridgehead atoms. The Morgan fingerprint density at radius 2 is 1.43 bits per heavy atom. The number of halogens is 3. The van der Waals surface area contributed by atoms with Crippen LogP contribution in [0.2, 0.25) is 0 Å². The van der Waals surface area contributed by atoms with Gasteiger partial charge in [-0.25, -0.2) is 14.3 Å². The van der Waals surface area contributed by atoms with Crippen molar-refractivity contribution in [3.8, 4) is 5.69 Å². The van der Waals surface area contributed by atoms with Crippen LogP contribution in [0.15, 0.2) is 60.8 Å². The van der Waals surface area contributed by atoms with Crippen LogP contribution >= 0.6 is 0 Å². The number of nitrogens with zero attached hydrogens (tertiary/aromatic N) is 4. The van der Waals surface area contributed by atoms with Crippen molar-refractivity contribution >= 4 is 29.5 Å². The van der Waals surface area contributed by atoms with E-state index in [2.05, 4.69) is 5.10 Å². The molecule has 0 aliphatic rings. The first-order valence-corrected chi connectivity index (χ1v) is 12.0. The van der Waals surface area contributed by atoms with E-state index in [9.17, 15) is 27.6 Å². The maximum Gasteiger partial charge on any atom is 0.437 e. The summed E-state index contributed by atoms with van der Waals surface area (Å²) in [4.78, 5) is 41.0. The molecule has 3 amide bonds.